The average Bonchev–Trinajstić information content (AvgIpc) is 2.81. The number of sulfonamides is 2. The van der Waals surface area contributed by atoms with Crippen molar-refractivity contribution in [3.63, 3.8) is 0 Å². The van der Waals surface area contributed by atoms with Crippen molar-refractivity contribution in [1.29, 1.82) is 0 Å². The van der Waals surface area contributed by atoms with Crippen LogP contribution >= 0.6 is 0 Å². The summed E-state index contributed by atoms with van der Waals surface area (Å²) < 4.78 is 55.5. The number of anilines is 1. The van der Waals surface area contributed by atoms with E-state index >= 15 is 0 Å². The molecular weight excluding hydrogens is 478 g/mol. The van der Waals surface area contributed by atoms with Crippen molar-refractivity contribution in [2.24, 2.45) is 5.14 Å². The smallest absolute Gasteiger partial charge is 0.262 e. The Bertz CT molecular complexity index is 1400. The molecule has 3 aromatic rings. The number of ether oxygens (including phenoxy) is 1. The van der Waals surface area contributed by atoms with Crippen LogP contribution < -0.4 is 19.9 Å². The first-order valence-electron chi connectivity index (χ1n) is 9.92. The van der Waals surface area contributed by atoms with Crippen molar-refractivity contribution >= 4 is 37.7 Å². The summed E-state index contributed by atoms with van der Waals surface area (Å²) in [5, 5.41) is 7.73. The van der Waals surface area contributed by atoms with Gasteiger partial charge in [0.15, 0.2) is 0 Å². The molecule has 0 aromatic heterocycles. The van der Waals surface area contributed by atoms with E-state index in [0.717, 1.165) is 0 Å². The van der Waals surface area contributed by atoms with Crippen molar-refractivity contribution in [2.45, 2.75) is 16.3 Å². The minimum absolute atomic E-state index is 0.00830. The van der Waals surface area contributed by atoms with Gasteiger partial charge in [-0.05, 0) is 53.6 Å². The number of carbonyl (C=O) groups excluding carboxylic acids is 1. The van der Waals surface area contributed by atoms with Crippen LogP contribution in [-0.2, 0) is 31.4 Å². The number of hydrogen-bond donors (Lipinski definition) is 3. The number of primary sulfonamides is 1. The van der Waals surface area contributed by atoms with Crippen molar-refractivity contribution in [1.82, 2.24) is 5.32 Å². The third-order valence-corrected chi connectivity index (χ3v) is 7.00. The molecule has 0 aliphatic carbocycles. The van der Waals surface area contributed by atoms with Crippen LogP contribution in [0.2, 0.25) is 0 Å². The molecule has 0 bridgehead atoms. The molecule has 3 rings (SSSR count). The lowest BCUT2D eigenvalue weighted by Crippen LogP contribution is -2.20. The van der Waals surface area contributed by atoms with Gasteiger partial charge in [-0.1, -0.05) is 36.4 Å². The van der Waals surface area contributed by atoms with Crippen molar-refractivity contribution in [3.8, 4) is 5.75 Å². The van der Waals surface area contributed by atoms with Crippen LogP contribution in [-0.4, -0.2) is 29.9 Å². The number of rotatable bonds is 9. The Morgan fingerprint density at radius 1 is 0.912 bits per heavy atom. The van der Waals surface area contributed by atoms with Gasteiger partial charge in [-0.2, -0.15) is 0 Å². The van der Waals surface area contributed by atoms with Gasteiger partial charge in [-0.25, -0.2) is 22.0 Å². The van der Waals surface area contributed by atoms with Crippen LogP contribution in [0.1, 0.15) is 11.1 Å². The standard InChI is InChI=1S/C23H23N3O6S2/c1-32-22-5-3-2-4-21(22)26-34(30,31)20-13-6-17(7-14-20)10-15-23(27)25-16-18-8-11-19(12-9-18)33(24,28)29/h2-15,26H,16H2,1H3,(H,25,27)(H2,24,28,29). The highest BCUT2D eigenvalue weighted by atomic mass is 32.2. The molecule has 0 unspecified atom stereocenters. The summed E-state index contributed by atoms with van der Waals surface area (Å²) in [7, 11) is -6.14. The van der Waals surface area contributed by atoms with Gasteiger partial charge >= 0.3 is 0 Å². The second-order valence-electron chi connectivity index (χ2n) is 7.11. The fraction of sp³-hybridized carbons (Fsp3) is 0.0870. The summed E-state index contributed by atoms with van der Waals surface area (Å²) in [6.07, 6.45) is 2.86. The van der Waals surface area contributed by atoms with Gasteiger partial charge in [0.2, 0.25) is 15.9 Å². The minimum Gasteiger partial charge on any atom is -0.495 e. The van der Waals surface area contributed by atoms with Gasteiger partial charge in [0.1, 0.15) is 5.75 Å². The van der Waals surface area contributed by atoms with Crippen molar-refractivity contribution in [3.05, 3.63) is 90.0 Å². The van der Waals surface area contributed by atoms with E-state index in [1.165, 1.54) is 37.5 Å². The van der Waals surface area contributed by atoms with Crippen LogP contribution in [0.25, 0.3) is 6.08 Å². The summed E-state index contributed by atoms with van der Waals surface area (Å²) in [4.78, 5) is 12.1. The Balaban J connectivity index is 1.59. The monoisotopic (exact) mass is 501 g/mol. The first-order valence-corrected chi connectivity index (χ1v) is 12.9. The molecule has 9 nitrogen and oxygen atoms in total. The van der Waals surface area contributed by atoms with Gasteiger partial charge < -0.3 is 10.1 Å². The molecule has 1 amide bonds. The molecule has 11 heteroatoms. The summed E-state index contributed by atoms with van der Waals surface area (Å²) in [6, 6.07) is 18.5. The normalized spacial score (nSPS) is 11.8. The molecule has 0 saturated heterocycles. The Morgan fingerprint density at radius 2 is 1.53 bits per heavy atom. The van der Waals surface area contributed by atoms with Gasteiger partial charge in [-0.15, -0.1) is 0 Å². The van der Waals surface area contributed by atoms with Gasteiger partial charge in [-0.3, -0.25) is 9.52 Å². The second kappa shape index (κ2) is 10.5. The SMILES string of the molecule is COc1ccccc1NS(=O)(=O)c1ccc(C=CC(=O)NCc2ccc(S(N)(=O)=O)cc2)cc1. The predicted molar refractivity (Wildman–Crippen MR) is 129 cm³/mol. The maximum atomic E-state index is 12.7. The lowest BCUT2D eigenvalue weighted by atomic mass is 10.2. The highest BCUT2D eigenvalue weighted by Gasteiger charge is 2.16. The fourth-order valence-electron chi connectivity index (χ4n) is 2.91. The third-order valence-electron chi connectivity index (χ3n) is 4.69. The number of para-hydroxylation sites is 2. The van der Waals surface area contributed by atoms with Crippen molar-refractivity contribution < 1.29 is 26.4 Å². The quantitative estimate of drug-likeness (QED) is 0.384. The van der Waals surface area contributed by atoms with E-state index in [1.807, 2.05) is 0 Å². The van der Waals surface area contributed by atoms with E-state index in [4.69, 9.17) is 9.88 Å². The molecule has 0 aliphatic rings. The molecule has 4 N–H and O–H groups in total. The Labute approximate surface area is 198 Å². The first-order chi connectivity index (χ1) is 16.1. The largest absolute Gasteiger partial charge is 0.495 e. The van der Waals surface area contributed by atoms with Crippen LogP contribution in [0.5, 0.6) is 5.75 Å². The Kier molecular flexibility index (Phi) is 7.72. The Morgan fingerprint density at radius 3 is 2.15 bits per heavy atom. The molecule has 0 aliphatic heterocycles. The third kappa shape index (κ3) is 6.67. The van der Waals surface area contributed by atoms with Gasteiger partial charge in [0, 0.05) is 12.6 Å². The maximum absolute atomic E-state index is 12.7. The van der Waals surface area contributed by atoms with Crippen LogP contribution in [0, 0.1) is 0 Å². The van der Waals surface area contributed by atoms with Crippen LogP contribution in [0.3, 0.4) is 0 Å². The van der Waals surface area contributed by atoms with Crippen molar-refractivity contribution in [2.75, 3.05) is 11.8 Å². The van der Waals surface area contributed by atoms with E-state index < -0.39 is 20.0 Å². The summed E-state index contributed by atoms with van der Waals surface area (Å²) in [5.74, 6) is 0.0297. The average molecular weight is 502 g/mol. The lowest BCUT2D eigenvalue weighted by Gasteiger charge is -2.11. The molecule has 0 saturated carbocycles. The van der Waals surface area contributed by atoms with E-state index in [0.29, 0.717) is 22.6 Å². The molecule has 0 fully saturated rings. The van der Waals surface area contributed by atoms with Gasteiger partial charge in [0.05, 0.1) is 22.6 Å². The zero-order valence-corrected chi connectivity index (χ0v) is 19.8. The summed E-state index contributed by atoms with van der Waals surface area (Å²) in [5.41, 5.74) is 1.65. The number of nitrogens with two attached hydrogens (primary N) is 1. The molecule has 34 heavy (non-hydrogen) atoms. The number of amides is 1. The molecule has 0 heterocycles. The zero-order chi connectivity index (χ0) is 24.8. The molecule has 178 valence electrons. The second-order valence-corrected chi connectivity index (χ2v) is 10.4. The predicted octanol–water partition coefficient (Wildman–Crippen LogP) is 2.47. The fourth-order valence-corrected chi connectivity index (χ4v) is 4.49. The zero-order valence-electron chi connectivity index (χ0n) is 18.1. The van der Waals surface area contributed by atoms with Crippen LogP contribution in [0.15, 0.2) is 88.7 Å². The van der Waals surface area contributed by atoms with E-state index in [1.54, 1.807) is 54.6 Å². The Hall–Kier alpha value is -3.67. The number of benzene rings is 3. The minimum atomic E-state index is -3.82. The van der Waals surface area contributed by atoms with Gasteiger partial charge in [0.25, 0.3) is 10.0 Å². The number of nitrogens with one attached hydrogen (secondary N) is 2. The molecule has 0 spiro atoms. The van der Waals surface area contributed by atoms with E-state index in [2.05, 4.69) is 10.0 Å². The topological polar surface area (TPSA) is 145 Å². The lowest BCUT2D eigenvalue weighted by molar-refractivity contribution is -0.116. The summed E-state index contributed by atoms with van der Waals surface area (Å²) in [6.45, 7) is 0.194. The number of methoxy groups -OCH3 is 1. The van der Waals surface area contributed by atoms with E-state index in [9.17, 15) is 21.6 Å². The van der Waals surface area contributed by atoms with Crippen LogP contribution in [0.4, 0.5) is 5.69 Å². The highest BCUT2D eigenvalue weighted by molar-refractivity contribution is 7.92. The molecule has 0 radical (unpaired) electrons. The highest BCUT2D eigenvalue weighted by Crippen LogP contribution is 2.26. The number of hydrogen-bond acceptors (Lipinski definition) is 6. The number of carbonyl (C=O) groups is 1. The molecule has 3 aromatic carbocycles. The molecule has 0 atom stereocenters. The van der Waals surface area contributed by atoms with E-state index in [-0.39, 0.29) is 22.2 Å². The first kappa shape index (κ1) is 25.0. The molecular formula is C23H23N3O6S2. The summed E-state index contributed by atoms with van der Waals surface area (Å²) >= 11 is 0. The maximum Gasteiger partial charge on any atom is 0.262 e.